The Balaban J connectivity index is 1.00. The summed E-state index contributed by atoms with van der Waals surface area (Å²) >= 11 is 0. The first kappa shape index (κ1) is 27.8. The van der Waals surface area contributed by atoms with Crippen molar-refractivity contribution < 1.29 is 19.4 Å². The summed E-state index contributed by atoms with van der Waals surface area (Å²) in [6.45, 7) is 5.14. The Morgan fingerprint density at radius 3 is 2.36 bits per heavy atom. The zero-order valence-electron chi connectivity index (χ0n) is 24.3. The number of rotatable bonds is 6. The molecular formula is C34H34N6O4. The fraction of sp³-hybridized carbons (Fsp3) is 0.294. The van der Waals surface area contributed by atoms with Crippen LogP contribution in [0.2, 0.25) is 0 Å². The molecule has 2 fully saturated rings. The van der Waals surface area contributed by atoms with E-state index in [1.807, 2.05) is 18.2 Å². The molecule has 0 bridgehead atoms. The van der Waals surface area contributed by atoms with Gasteiger partial charge in [-0.2, -0.15) is 5.10 Å². The molecule has 10 heteroatoms. The fourth-order valence-corrected chi connectivity index (χ4v) is 6.45. The summed E-state index contributed by atoms with van der Waals surface area (Å²) < 4.78 is 6.13. The number of aromatic nitrogens is 2. The lowest BCUT2D eigenvalue weighted by Crippen LogP contribution is -2.50. The second kappa shape index (κ2) is 12.0. The summed E-state index contributed by atoms with van der Waals surface area (Å²) in [5, 5.41) is 21.0. The summed E-state index contributed by atoms with van der Waals surface area (Å²) in [5.74, 6) is 1.42. The predicted octanol–water partition coefficient (Wildman–Crippen LogP) is 4.26. The number of amides is 3. The van der Waals surface area contributed by atoms with Crippen molar-refractivity contribution in [3.8, 4) is 11.5 Å². The average molecular weight is 591 g/mol. The van der Waals surface area contributed by atoms with Crippen LogP contribution in [-0.2, 0) is 11.3 Å². The van der Waals surface area contributed by atoms with Crippen molar-refractivity contribution in [2.24, 2.45) is 0 Å². The summed E-state index contributed by atoms with van der Waals surface area (Å²) in [6.07, 6.45) is 0.255. The Kier molecular flexibility index (Phi) is 7.57. The lowest BCUT2D eigenvalue weighted by molar-refractivity contribution is -0.120. The number of aromatic hydroxyl groups is 1. The third-order valence-corrected chi connectivity index (χ3v) is 8.79. The largest absolute Gasteiger partial charge is 0.508 e. The van der Waals surface area contributed by atoms with Crippen LogP contribution >= 0.6 is 0 Å². The molecule has 0 unspecified atom stereocenters. The smallest absolute Gasteiger partial charge is 0.329 e. The van der Waals surface area contributed by atoms with Gasteiger partial charge in [-0.25, -0.2) is 4.79 Å². The standard InChI is InChI=1S/C34H34N6O4/c41-27-11-12-28-30(20-27)44-22-29(23-4-2-1-3-5-23)33(28)24-6-9-26(10-7-24)39-18-16-38(17-19-39)21-25-8-13-31(37-36-25)40-15-14-32(42)35-34(40)43/h1-13,20,29,33,41H,14-19,21-22H2,(H,35,42,43)/t29-,33-/m1/s1. The Labute approximate surface area is 255 Å². The number of hydrogen-bond donors (Lipinski definition) is 2. The number of phenols is 1. The SMILES string of the molecule is O=C1CCN(c2ccc(CN3CCN(c4ccc([C@@H]5c6ccc(O)cc6OC[C@@H]5c5ccccc5)cc4)CC3)nn2)C(=O)N1. The van der Waals surface area contributed by atoms with E-state index in [0.29, 0.717) is 25.5 Å². The number of carbonyl (C=O) groups is 2. The maximum Gasteiger partial charge on any atom is 0.329 e. The van der Waals surface area contributed by atoms with Crippen LogP contribution in [0.15, 0.2) is 84.9 Å². The highest BCUT2D eigenvalue weighted by atomic mass is 16.5. The molecule has 0 spiro atoms. The molecular weight excluding hydrogens is 556 g/mol. The van der Waals surface area contributed by atoms with Gasteiger partial charge in [-0.3, -0.25) is 19.9 Å². The second-order valence-electron chi connectivity index (χ2n) is 11.5. The molecule has 3 aliphatic rings. The molecule has 3 aliphatic heterocycles. The minimum Gasteiger partial charge on any atom is -0.508 e. The Morgan fingerprint density at radius 1 is 0.841 bits per heavy atom. The van der Waals surface area contributed by atoms with E-state index in [-0.39, 0.29) is 29.9 Å². The van der Waals surface area contributed by atoms with Crippen LogP contribution in [0.4, 0.5) is 16.3 Å². The van der Waals surface area contributed by atoms with Gasteiger partial charge in [0.2, 0.25) is 5.91 Å². The van der Waals surface area contributed by atoms with E-state index >= 15 is 0 Å². The van der Waals surface area contributed by atoms with Crippen molar-refractivity contribution in [1.29, 1.82) is 0 Å². The Bertz CT molecular complexity index is 1640. The Morgan fingerprint density at radius 2 is 1.64 bits per heavy atom. The van der Waals surface area contributed by atoms with Gasteiger partial charge in [0.1, 0.15) is 11.5 Å². The molecule has 0 aliphatic carbocycles. The molecule has 7 rings (SSSR count). The van der Waals surface area contributed by atoms with Gasteiger partial charge in [0.25, 0.3) is 0 Å². The monoisotopic (exact) mass is 590 g/mol. The van der Waals surface area contributed by atoms with Crippen LogP contribution < -0.4 is 19.9 Å². The first-order chi connectivity index (χ1) is 21.5. The van der Waals surface area contributed by atoms with E-state index in [2.05, 4.69) is 73.8 Å². The van der Waals surface area contributed by atoms with E-state index in [1.165, 1.54) is 21.7 Å². The number of benzene rings is 3. The fourth-order valence-electron chi connectivity index (χ4n) is 6.45. The van der Waals surface area contributed by atoms with Crippen molar-refractivity contribution in [2.45, 2.75) is 24.8 Å². The van der Waals surface area contributed by atoms with Gasteiger partial charge >= 0.3 is 6.03 Å². The molecule has 2 N–H and O–H groups in total. The molecule has 0 saturated carbocycles. The third kappa shape index (κ3) is 5.68. The number of anilines is 2. The van der Waals surface area contributed by atoms with Crippen LogP contribution in [-0.4, -0.2) is 71.5 Å². The second-order valence-corrected chi connectivity index (χ2v) is 11.5. The highest BCUT2D eigenvalue weighted by Gasteiger charge is 2.34. The number of nitrogens with one attached hydrogen (secondary N) is 1. The topological polar surface area (TPSA) is 111 Å². The van der Waals surface area contributed by atoms with Gasteiger partial charge in [-0.05, 0) is 41.5 Å². The third-order valence-electron chi connectivity index (χ3n) is 8.79. The summed E-state index contributed by atoms with van der Waals surface area (Å²) in [5.41, 5.74) is 5.61. The van der Waals surface area contributed by atoms with E-state index < -0.39 is 6.03 Å². The first-order valence-electron chi connectivity index (χ1n) is 15.0. The molecule has 0 radical (unpaired) electrons. The molecule has 3 aromatic carbocycles. The van der Waals surface area contributed by atoms with Crippen molar-refractivity contribution in [3.05, 3.63) is 107 Å². The van der Waals surface area contributed by atoms with Crippen molar-refractivity contribution in [1.82, 2.24) is 20.4 Å². The number of imide groups is 1. The molecule has 4 heterocycles. The number of ether oxygens (including phenoxy) is 1. The van der Waals surface area contributed by atoms with Crippen LogP contribution in [0.3, 0.4) is 0 Å². The lowest BCUT2D eigenvalue weighted by atomic mass is 9.76. The van der Waals surface area contributed by atoms with Gasteiger partial charge in [0.15, 0.2) is 5.82 Å². The van der Waals surface area contributed by atoms with Crippen LogP contribution in [0.1, 0.15) is 40.6 Å². The molecule has 2 atom stereocenters. The summed E-state index contributed by atoms with van der Waals surface area (Å²) in [4.78, 5) is 29.7. The van der Waals surface area contributed by atoms with E-state index in [9.17, 15) is 14.7 Å². The minimum atomic E-state index is -0.457. The van der Waals surface area contributed by atoms with E-state index in [0.717, 1.165) is 43.2 Å². The maximum absolute atomic E-state index is 12.1. The zero-order chi connectivity index (χ0) is 30.0. The van der Waals surface area contributed by atoms with Crippen LogP contribution in [0.5, 0.6) is 11.5 Å². The highest BCUT2D eigenvalue weighted by molar-refractivity contribution is 6.05. The van der Waals surface area contributed by atoms with Crippen molar-refractivity contribution in [2.75, 3.05) is 49.1 Å². The highest BCUT2D eigenvalue weighted by Crippen LogP contribution is 2.47. The summed E-state index contributed by atoms with van der Waals surface area (Å²) in [7, 11) is 0. The number of fused-ring (bicyclic) bond motifs is 1. The number of urea groups is 1. The zero-order valence-corrected chi connectivity index (χ0v) is 24.3. The molecule has 3 amide bonds. The average Bonchev–Trinajstić information content (AvgIpc) is 3.05. The van der Waals surface area contributed by atoms with Gasteiger partial charge < -0.3 is 14.7 Å². The molecule has 1 aromatic heterocycles. The molecule has 10 nitrogen and oxygen atoms in total. The molecule has 44 heavy (non-hydrogen) atoms. The number of nitrogens with zero attached hydrogens (tertiary/aromatic N) is 5. The molecule has 2 saturated heterocycles. The van der Waals surface area contributed by atoms with Crippen molar-refractivity contribution >= 4 is 23.4 Å². The summed E-state index contributed by atoms with van der Waals surface area (Å²) in [6, 6.07) is 28.1. The predicted molar refractivity (Wildman–Crippen MR) is 166 cm³/mol. The van der Waals surface area contributed by atoms with Crippen LogP contribution in [0.25, 0.3) is 0 Å². The van der Waals surface area contributed by atoms with Gasteiger partial charge in [0, 0.05) is 74.8 Å². The number of piperazine rings is 1. The van der Waals surface area contributed by atoms with Crippen LogP contribution in [0, 0.1) is 0 Å². The number of hydrogen-bond acceptors (Lipinski definition) is 8. The van der Waals surface area contributed by atoms with Gasteiger partial charge in [-0.15, -0.1) is 5.10 Å². The molecule has 224 valence electrons. The Hall–Kier alpha value is -4.96. The lowest BCUT2D eigenvalue weighted by Gasteiger charge is -2.37. The van der Waals surface area contributed by atoms with Crippen molar-refractivity contribution in [3.63, 3.8) is 0 Å². The molecule has 4 aromatic rings. The van der Waals surface area contributed by atoms with E-state index in [4.69, 9.17) is 4.74 Å². The first-order valence-corrected chi connectivity index (χ1v) is 15.0. The quantitative estimate of drug-likeness (QED) is 0.343. The van der Waals surface area contributed by atoms with E-state index in [1.54, 1.807) is 18.2 Å². The minimum absolute atomic E-state index is 0.118. The maximum atomic E-state index is 12.1. The normalized spacial score (nSPS) is 20.5. The van der Waals surface area contributed by atoms with Gasteiger partial charge in [-0.1, -0.05) is 48.5 Å². The number of carbonyl (C=O) groups excluding carboxylic acids is 2. The van der Waals surface area contributed by atoms with Gasteiger partial charge in [0.05, 0.1) is 12.3 Å². The number of phenolic OH excluding ortho intramolecular Hbond substituents is 1.